The van der Waals surface area contributed by atoms with Crippen molar-refractivity contribution in [2.75, 3.05) is 14.2 Å². The van der Waals surface area contributed by atoms with Crippen molar-refractivity contribution in [3.63, 3.8) is 0 Å². The molecule has 0 radical (unpaired) electrons. The Bertz CT molecular complexity index is 1220. The van der Waals surface area contributed by atoms with Crippen LogP contribution in [-0.4, -0.2) is 35.3 Å². The number of pyridine rings is 1. The van der Waals surface area contributed by atoms with Crippen molar-refractivity contribution in [2.24, 2.45) is 0 Å². The van der Waals surface area contributed by atoms with Gasteiger partial charge in [-0.25, -0.2) is 0 Å². The molecule has 2 aromatic carbocycles. The molecule has 2 heterocycles. The van der Waals surface area contributed by atoms with Crippen molar-refractivity contribution in [3.05, 3.63) is 65.7 Å². The van der Waals surface area contributed by atoms with Gasteiger partial charge in [0.15, 0.2) is 11.5 Å². The Kier molecular flexibility index (Phi) is 5.30. The van der Waals surface area contributed by atoms with Crippen LogP contribution < -0.4 is 14.8 Å². The molecule has 4 aromatic rings. The summed E-state index contributed by atoms with van der Waals surface area (Å²) < 4.78 is 15.7. The van der Waals surface area contributed by atoms with Gasteiger partial charge in [0.2, 0.25) is 5.82 Å². The van der Waals surface area contributed by atoms with E-state index >= 15 is 0 Å². The van der Waals surface area contributed by atoms with Crippen LogP contribution in [0.25, 0.3) is 22.3 Å². The molecule has 30 heavy (non-hydrogen) atoms. The summed E-state index contributed by atoms with van der Waals surface area (Å²) in [5.41, 5.74) is 3.37. The Hall–Kier alpha value is -3.94. The van der Waals surface area contributed by atoms with Gasteiger partial charge in [-0.15, -0.1) is 0 Å². The average molecular weight is 404 g/mol. The van der Waals surface area contributed by atoms with Gasteiger partial charge in [0.25, 0.3) is 0 Å². The number of carbonyl (C=O) groups is 1. The highest BCUT2D eigenvalue weighted by molar-refractivity contribution is 5.90. The molecule has 0 atom stereocenters. The van der Waals surface area contributed by atoms with Crippen molar-refractivity contribution >= 4 is 16.8 Å². The van der Waals surface area contributed by atoms with Crippen LogP contribution in [-0.2, 0) is 6.54 Å². The number of rotatable bonds is 6. The maximum atomic E-state index is 12.5. The van der Waals surface area contributed by atoms with Crippen LogP contribution >= 0.6 is 0 Å². The fourth-order valence-corrected chi connectivity index (χ4v) is 3.20. The van der Waals surface area contributed by atoms with E-state index < -0.39 is 5.91 Å². The van der Waals surface area contributed by atoms with Gasteiger partial charge in [0.1, 0.15) is 0 Å². The Labute approximate surface area is 172 Å². The first-order chi connectivity index (χ1) is 14.6. The predicted octanol–water partition coefficient (Wildman–Crippen LogP) is 3.54. The summed E-state index contributed by atoms with van der Waals surface area (Å²) in [5, 5.41) is 7.72. The van der Waals surface area contributed by atoms with E-state index in [9.17, 15) is 4.79 Å². The first kappa shape index (κ1) is 19.4. The van der Waals surface area contributed by atoms with Gasteiger partial charge < -0.3 is 19.3 Å². The molecule has 0 bridgehead atoms. The van der Waals surface area contributed by atoms with Crippen LogP contribution in [0.4, 0.5) is 0 Å². The van der Waals surface area contributed by atoms with Crippen molar-refractivity contribution in [3.8, 4) is 22.9 Å². The zero-order valence-electron chi connectivity index (χ0n) is 16.8. The molecule has 0 spiro atoms. The lowest BCUT2D eigenvalue weighted by Gasteiger charge is -2.08. The summed E-state index contributed by atoms with van der Waals surface area (Å²) in [6.07, 6.45) is 0. The number of ether oxygens (including phenoxy) is 2. The third kappa shape index (κ3) is 3.80. The standard InChI is InChI=1S/C22H20N4O4/c1-13-10-15(16-6-4-5-7-17(16)24-13)12-23-21(27)22-25-20(26-30-22)14-8-9-18(28-2)19(11-14)29-3/h4-11H,12H2,1-3H3,(H,23,27). The van der Waals surface area contributed by atoms with Gasteiger partial charge in [-0.05, 0) is 42.8 Å². The van der Waals surface area contributed by atoms with Crippen molar-refractivity contribution < 1.29 is 18.8 Å². The highest BCUT2D eigenvalue weighted by Gasteiger charge is 2.17. The molecule has 0 aliphatic heterocycles. The number of nitrogens with zero attached hydrogens (tertiary/aromatic N) is 3. The van der Waals surface area contributed by atoms with Crippen LogP contribution in [0.1, 0.15) is 21.9 Å². The fourth-order valence-electron chi connectivity index (χ4n) is 3.20. The summed E-state index contributed by atoms with van der Waals surface area (Å²) in [5.74, 6) is 0.835. The normalized spacial score (nSPS) is 10.8. The van der Waals surface area contributed by atoms with E-state index in [0.717, 1.165) is 22.2 Å². The van der Waals surface area contributed by atoms with Gasteiger partial charge in [-0.1, -0.05) is 23.4 Å². The minimum absolute atomic E-state index is 0.116. The Morgan fingerprint density at radius 1 is 1.03 bits per heavy atom. The van der Waals surface area contributed by atoms with Gasteiger partial charge in [0.05, 0.1) is 19.7 Å². The van der Waals surface area contributed by atoms with E-state index in [0.29, 0.717) is 23.6 Å². The molecule has 1 N–H and O–H groups in total. The summed E-state index contributed by atoms with van der Waals surface area (Å²) >= 11 is 0. The molecule has 8 nitrogen and oxygen atoms in total. The third-order valence-corrected chi connectivity index (χ3v) is 4.63. The molecule has 0 saturated heterocycles. The van der Waals surface area contributed by atoms with Crippen molar-refractivity contribution in [1.29, 1.82) is 0 Å². The average Bonchev–Trinajstić information content (AvgIpc) is 3.27. The molecule has 8 heteroatoms. The number of hydrogen-bond acceptors (Lipinski definition) is 7. The SMILES string of the molecule is COc1ccc(-c2noc(C(=O)NCc3cc(C)nc4ccccc34)n2)cc1OC. The lowest BCUT2D eigenvalue weighted by Crippen LogP contribution is -2.23. The lowest BCUT2D eigenvalue weighted by molar-refractivity contribution is 0.0907. The lowest BCUT2D eigenvalue weighted by atomic mass is 10.1. The molecular formula is C22H20N4O4. The minimum Gasteiger partial charge on any atom is -0.493 e. The van der Waals surface area contributed by atoms with E-state index in [1.54, 1.807) is 32.4 Å². The Balaban J connectivity index is 1.52. The number of nitrogens with one attached hydrogen (secondary N) is 1. The predicted molar refractivity (Wildman–Crippen MR) is 110 cm³/mol. The van der Waals surface area contributed by atoms with E-state index in [1.807, 2.05) is 37.3 Å². The highest BCUT2D eigenvalue weighted by atomic mass is 16.5. The van der Waals surface area contributed by atoms with Crippen LogP contribution in [0.3, 0.4) is 0 Å². The second kappa shape index (κ2) is 8.20. The number of hydrogen-bond donors (Lipinski definition) is 1. The fraction of sp³-hybridized carbons (Fsp3) is 0.182. The number of para-hydroxylation sites is 1. The molecule has 0 saturated carbocycles. The summed E-state index contributed by atoms with van der Waals surface area (Å²) in [7, 11) is 3.10. The highest BCUT2D eigenvalue weighted by Crippen LogP contribution is 2.31. The molecule has 4 rings (SSSR count). The van der Waals surface area contributed by atoms with Crippen LogP contribution in [0.15, 0.2) is 53.1 Å². The molecular weight excluding hydrogens is 384 g/mol. The third-order valence-electron chi connectivity index (χ3n) is 4.63. The second-order valence-corrected chi connectivity index (χ2v) is 6.62. The molecule has 2 aromatic heterocycles. The van der Waals surface area contributed by atoms with Gasteiger partial charge in [-0.2, -0.15) is 4.98 Å². The van der Waals surface area contributed by atoms with Gasteiger partial charge in [0, 0.05) is 23.2 Å². The zero-order chi connectivity index (χ0) is 21.1. The number of fused-ring (bicyclic) bond motifs is 1. The number of benzene rings is 2. The molecule has 0 unspecified atom stereocenters. The van der Waals surface area contributed by atoms with E-state index in [2.05, 4.69) is 20.4 Å². The number of aryl methyl sites for hydroxylation is 1. The molecule has 152 valence electrons. The molecule has 1 amide bonds. The largest absolute Gasteiger partial charge is 0.493 e. The monoisotopic (exact) mass is 404 g/mol. The summed E-state index contributed by atoms with van der Waals surface area (Å²) in [6, 6.07) is 15.0. The van der Waals surface area contributed by atoms with Crippen LogP contribution in [0.5, 0.6) is 11.5 Å². The number of methoxy groups -OCH3 is 2. The number of aromatic nitrogens is 3. The van der Waals surface area contributed by atoms with E-state index in [4.69, 9.17) is 14.0 Å². The maximum Gasteiger partial charge on any atom is 0.316 e. The Morgan fingerprint density at radius 2 is 1.83 bits per heavy atom. The van der Waals surface area contributed by atoms with Gasteiger partial charge >= 0.3 is 11.8 Å². The van der Waals surface area contributed by atoms with E-state index in [-0.39, 0.29) is 11.7 Å². The quantitative estimate of drug-likeness (QED) is 0.525. The summed E-state index contributed by atoms with van der Waals surface area (Å²) in [4.78, 5) is 21.3. The van der Waals surface area contributed by atoms with Crippen molar-refractivity contribution in [2.45, 2.75) is 13.5 Å². The number of amides is 1. The Morgan fingerprint density at radius 3 is 2.63 bits per heavy atom. The first-order valence-corrected chi connectivity index (χ1v) is 9.28. The molecule has 0 aliphatic carbocycles. The van der Waals surface area contributed by atoms with Crippen LogP contribution in [0, 0.1) is 6.92 Å². The smallest absolute Gasteiger partial charge is 0.316 e. The van der Waals surface area contributed by atoms with Crippen LogP contribution in [0.2, 0.25) is 0 Å². The van der Waals surface area contributed by atoms with Crippen molar-refractivity contribution in [1.82, 2.24) is 20.4 Å². The van der Waals surface area contributed by atoms with Gasteiger partial charge in [-0.3, -0.25) is 9.78 Å². The molecule has 0 aliphatic rings. The maximum absolute atomic E-state index is 12.5. The molecule has 0 fully saturated rings. The second-order valence-electron chi connectivity index (χ2n) is 6.62. The topological polar surface area (TPSA) is 99.4 Å². The van der Waals surface area contributed by atoms with E-state index in [1.165, 1.54) is 0 Å². The first-order valence-electron chi connectivity index (χ1n) is 9.28. The zero-order valence-corrected chi connectivity index (χ0v) is 16.8. The minimum atomic E-state index is -0.451. The summed E-state index contributed by atoms with van der Waals surface area (Å²) in [6.45, 7) is 2.24. The number of carbonyl (C=O) groups excluding carboxylic acids is 1.